The van der Waals surface area contributed by atoms with Crippen LogP contribution in [0, 0.1) is 0 Å². The number of hydrogen-bond acceptors (Lipinski definition) is 3. The fourth-order valence-corrected chi connectivity index (χ4v) is 2.25. The van der Waals surface area contributed by atoms with E-state index in [0.29, 0.717) is 6.54 Å². The van der Waals surface area contributed by atoms with E-state index in [1.807, 2.05) is 56.2 Å². The van der Waals surface area contributed by atoms with Crippen molar-refractivity contribution in [2.75, 3.05) is 20.6 Å². The van der Waals surface area contributed by atoms with Crippen LogP contribution < -0.4 is 5.32 Å². The van der Waals surface area contributed by atoms with Gasteiger partial charge in [0.25, 0.3) is 5.91 Å². The van der Waals surface area contributed by atoms with Crippen molar-refractivity contribution in [3.05, 3.63) is 53.6 Å². The summed E-state index contributed by atoms with van der Waals surface area (Å²) in [6.07, 6.45) is 4.47. The molecule has 0 bridgehead atoms. The molecule has 5 heteroatoms. The molecule has 1 amide bonds. The Bertz CT molecular complexity index is 606. The summed E-state index contributed by atoms with van der Waals surface area (Å²) < 4.78 is 1.93. The van der Waals surface area contributed by atoms with Gasteiger partial charge in [0.05, 0.1) is 6.54 Å². The average molecular weight is 286 g/mol. The van der Waals surface area contributed by atoms with E-state index in [-0.39, 0.29) is 5.91 Å². The maximum absolute atomic E-state index is 12.6. The summed E-state index contributed by atoms with van der Waals surface area (Å²) in [5.74, 6) is 0.906. The topological polar surface area (TPSA) is 50.2 Å². The summed E-state index contributed by atoms with van der Waals surface area (Å²) in [7, 11) is 5.66. The van der Waals surface area contributed by atoms with E-state index in [1.54, 1.807) is 11.1 Å². The summed E-state index contributed by atoms with van der Waals surface area (Å²) in [5, 5.41) is 3.12. The van der Waals surface area contributed by atoms with Gasteiger partial charge in [0.1, 0.15) is 5.82 Å². The Morgan fingerprint density at radius 3 is 2.81 bits per heavy atom. The molecule has 112 valence electrons. The Balaban J connectivity index is 2.13. The van der Waals surface area contributed by atoms with E-state index in [9.17, 15) is 4.79 Å². The highest BCUT2D eigenvalue weighted by molar-refractivity contribution is 5.95. The third-order valence-corrected chi connectivity index (χ3v) is 3.54. The number of nitrogens with one attached hydrogen (secondary N) is 1. The average Bonchev–Trinajstić information content (AvgIpc) is 2.90. The van der Waals surface area contributed by atoms with Gasteiger partial charge in [-0.1, -0.05) is 18.2 Å². The van der Waals surface area contributed by atoms with Gasteiger partial charge in [0.15, 0.2) is 0 Å². The number of likely N-dealkylation sites (N-methyl/N-ethyl adjacent to an activating group) is 1. The Hall–Kier alpha value is -2.14. The normalized spacial score (nSPS) is 10.6. The number of rotatable bonds is 6. The Labute approximate surface area is 125 Å². The molecule has 1 heterocycles. The molecule has 0 aliphatic heterocycles. The first-order chi connectivity index (χ1) is 10.1. The fraction of sp³-hybridized carbons (Fsp3) is 0.375. The zero-order valence-electron chi connectivity index (χ0n) is 12.8. The highest BCUT2D eigenvalue weighted by Gasteiger charge is 2.16. The molecule has 0 fully saturated rings. The standard InChI is InChI=1S/C16H22N4O/c1-17-9-8-13-6-4-5-7-14(13)16(21)20(3)12-15-18-10-11-19(15)2/h4-7,10-11,17H,8-9,12H2,1-3H3. The molecular formula is C16H22N4O. The molecule has 21 heavy (non-hydrogen) atoms. The van der Waals surface area contributed by atoms with Crippen molar-refractivity contribution in [2.24, 2.45) is 7.05 Å². The molecule has 5 nitrogen and oxygen atoms in total. The Kier molecular flexibility index (Phi) is 5.11. The molecule has 1 aromatic heterocycles. The van der Waals surface area contributed by atoms with Gasteiger partial charge >= 0.3 is 0 Å². The maximum Gasteiger partial charge on any atom is 0.254 e. The Morgan fingerprint density at radius 2 is 2.14 bits per heavy atom. The van der Waals surface area contributed by atoms with E-state index in [0.717, 1.165) is 29.9 Å². The first kappa shape index (κ1) is 15.3. The van der Waals surface area contributed by atoms with E-state index in [4.69, 9.17) is 0 Å². The highest BCUT2D eigenvalue weighted by atomic mass is 16.2. The fourth-order valence-electron chi connectivity index (χ4n) is 2.25. The molecule has 2 rings (SSSR count). The molecular weight excluding hydrogens is 264 g/mol. The minimum absolute atomic E-state index is 0.0321. The van der Waals surface area contributed by atoms with Gasteiger partial charge in [-0.3, -0.25) is 4.79 Å². The second-order valence-corrected chi connectivity index (χ2v) is 5.13. The van der Waals surface area contributed by atoms with Crippen molar-refractivity contribution in [2.45, 2.75) is 13.0 Å². The number of aryl methyl sites for hydroxylation is 1. The van der Waals surface area contributed by atoms with Gasteiger partial charge in [0, 0.05) is 32.1 Å². The van der Waals surface area contributed by atoms with Crippen LogP contribution in [-0.2, 0) is 20.0 Å². The second kappa shape index (κ2) is 7.04. The predicted molar refractivity (Wildman–Crippen MR) is 83.1 cm³/mol. The third kappa shape index (κ3) is 3.70. The molecule has 0 aliphatic rings. The molecule has 0 unspecified atom stereocenters. The number of amides is 1. The molecule has 0 atom stereocenters. The molecule has 2 aromatic rings. The van der Waals surface area contributed by atoms with Crippen LogP contribution in [0.3, 0.4) is 0 Å². The van der Waals surface area contributed by atoms with Crippen molar-refractivity contribution in [1.82, 2.24) is 19.8 Å². The molecule has 0 spiro atoms. The van der Waals surface area contributed by atoms with Crippen LogP contribution in [0.4, 0.5) is 0 Å². The lowest BCUT2D eigenvalue weighted by Gasteiger charge is -2.19. The summed E-state index contributed by atoms with van der Waals surface area (Å²) in [6.45, 7) is 1.36. The van der Waals surface area contributed by atoms with Crippen LogP contribution in [0.1, 0.15) is 21.7 Å². The first-order valence-electron chi connectivity index (χ1n) is 7.07. The number of aromatic nitrogens is 2. The number of carbonyl (C=O) groups is 1. The van der Waals surface area contributed by atoms with Crippen molar-refractivity contribution in [1.29, 1.82) is 0 Å². The quantitative estimate of drug-likeness (QED) is 0.874. The minimum Gasteiger partial charge on any atom is -0.337 e. The lowest BCUT2D eigenvalue weighted by Crippen LogP contribution is -2.28. The molecule has 1 N–H and O–H groups in total. The van der Waals surface area contributed by atoms with Gasteiger partial charge in [-0.15, -0.1) is 0 Å². The van der Waals surface area contributed by atoms with Gasteiger partial charge in [-0.05, 0) is 31.6 Å². The smallest absolute Gasteiger partial charge is 0.254 e. The van der Waals surface area contributed by atoms with Crippen LogP contribution in [0.5, 0.6) is 0 Å². The first-order valence-corrected chi connectivity index (χ1v) is 7.07. The third-order valence-electron chi connectivity index (χ3n) is 3.54. The van der Waals surface area contributed by atoms with Crippen LogP contribution in [0.25, 0.3) is 0 Å². The summed E-state index contributed by atoms with van der Waals surface area (Å²) in [5.41, 5.74) is 1.84. The van der Waals surface area contributed by atoms with Crippen molar-refractivity contribution >= 4 is 5.91 Å². The number of nitrogens with zero attached hydrogens (tertiary/aromatic N) is 3. The van der Waals surface area contributed by atoms with Crippen LogP contribution in [0.2, 0.25) is 0 Å². The summed E-state index contributed by atoms with van der Waals surface area (Å²) in [6, 6.07) is 7.78. The minimum atomic E-state index is 0.0321. The van der Waals surface area contributed by atoms with Gasteiger partial charge < -0.3 is 14.8 Å². The molecule has 0 saturated carbocycles. The van der Waals surface area contributed by atoms with Crippen LogP contribution >= 0.6 is 0 Å². The zero-order chi connectivity index (χ0) is 15.2. The summed E-state index contributed by atoms with van der Waals surface area (Å²) >= 11 is 0. The maximum atomic E-state index is 12.6. The van der Waals surface area contributed by atoms with Crippen molar-refractivity contribution in [3.63, 3.8) is 0 Å². The largest absolute Gasteiger partial charge is 0.337 e. The van der Waals surface area contributed by atoms with Gasteiger partial charge in [0.2, 0.25) is 0 Å². The van der Waals surface area contributed by atoms with Crippen molar-refractivity contribution < 1.29 is 4.79 Å². The highest BCUT2D eigenvalue weighted by Crippen LogP contribution is 2.13. The zero-order valence-corrected chi connectivity index (χ0v) is 12.8. The van der Waals surface area contributed by atoms with Crippen molar-refractivity contribution in [3.8, 4) is 0 Å². The summed E-state index contributed by atoms with van der Waals surface area (Å²) in [4.78, 5) is 18.6. The lowest BCUT2D eigenvalue weighted by atomic mass is 10.0. The number of hydrogen-bond donors (Lipinski definition) is 1. The number of imidazole rings is 1. The second-order valence-electron chi connectivity index (χ2n) is 5.13. The molecule has 0 radical (unpaired) electrons. The monoisotopic (exact) mass is 286 g/mol. The predicted octanol–water partition coefficient (Wildman–Crippen LogP) is 1.45. The SMILES string of the molecule is CNCCc1ccccc1C(=O)N(C)Cc1nccn1C. The van der Waals surface area contributed by atoms with E-state index < -0.39 is 0 Å². The van der Waals surface area contributed by atoms with Gasteiger partial charge in [-0.25, -0.2) is 4.98 Å². The lowest BCUT2D eigenvalue weighted by molar-refractivity contribution is 0.0779. The van der Waals surface area contributed by atoms with Crippen LogP contribution in [-0.4, -0.2) is 41.0 Å². The Morgan fingerprint density at radius 1 is 1.38 bits per heavy atom. The van der Waals surface area contributed by atoms with E-state index in [2.05, 4.69) is 10.3 Å². The van der Waals surface area contributed by atoms with Crippen LogP contribution in [0.15, 0.2) is 36.7 Å². The molecule has 0 aliphatic carbocycles. The van der Waals surface area contributed by atoms with E-state index in [1.165, 1.54) is 0 Å². The molecule has 0 saturated heterocycles. The number of carbonyl (C=O) groups excluding carboxylic acids is 1. The number of benzene rings is 1. The molecule has 1 aromatic carbocycles. The van der Waals surface area contributed by atoms with E-state index >= 15 is 0 Å². The van der Waals surface area contributed by atoms with Gasteiger partial charge in [-0.2, -0.15) is 0 Å².